The number of rotatable bonds is 3. The standard InChI is InChI=1S/C17H22N2O2/c1-11-9-12(13-7-5-6-8-15(13)19-11)10-14(18)16(20)21-17(2,3)4/h5-9,14H,10,18H2,1-4H3/t14-/m0/s1. The van der Waals surface area contributed by atoms with E-state index in [0.717, 1.165) is 22.2 Å². The van der Waals surface area contributed by atoms with Crippen molar-refractivity contribution in [1.82, 2.24) is 4.98 Å². The van der Waals surface area contributed by atoms with Gasteiger partial charge in [-0.3, -0.25) is 9.78 Å². The Morgan fingerprint density at radius 2 is 2.00 bits per heavy atom. The smallest absolute Gasteiger partial charge is 0.323 e. The van der Waals surface area contributed by atoms with Gasteiger partial charge in [-0.25, -0.2) is 0 Å². The van der Waals surface area contributed by atoms with Crippen molar-refractivity contribution in [3.05, 3.63) is 41.6 Å². The SMILES string of the molecule is Cc1cc(C[C@H](N)C(=O)OC(C)(C)C)c2ccccc2n1. The average molecular weight is 286 g/mol. The van der Waals surface area contributed by atoms with Crippen LogP contribution in [0.2, 0.25) is 0 Å². The zero-order chi connectivity index (χ0) is 15.6. The highest BCUT2D eigenvalue weighted by Gasteiger charge is 2.23. The molecule has 4 heteroatoms. The Balaban J connectivity index is 2.25. The predicted octanol–water partition coefficient (Wildman–Crippen LogP) is 2.75. The second-order valence-corrected chi connectivity index (χ2v) is 6.28. The Bertz CT molecular complexity index is 659. The van der Waals surface area contributed by atoms with Crippen LogP contribution in [0.1, 0.15) is 32.0 Å². The Morgan fingerprint density at radius 3 is 2.67 bits per heavy atom. The molecular weight excluding hydrogens is 264 g/mol. The summed E-state index contributed by atoms with van der Waals surface area (Å²) < 4.78 is 5.33. The largest absolute Gasteiger partial charge is 0.459 e. The van der Waals surface area contributed by atoms with Gasteiger partial charge >= 0.3 is 5.97 Å². The number of aryl methyl sites for hydroxylation is 1. The molecule has 0 aliphatic rings. The summed E-state index contributed by atoms with van der Waals surface area (Å²) in [4.78, 5) is 16.5. The molecule has 0 fully saturated rings. The van der Waals surface area contributed by atoms with Crippen LogP contribution in [0, 0.1) is 6.92 Å². The summed E-state index contributed by atoms with van der Waals surface area (Å²) in [7, 11) is 0. The van der Waals surface area contributed by atoms with Crippen LogP contribution < -0.4 is 5.73 Å². The lowest BCUT2D eigenvalue weighted by atomic mass is 10.0. The second kappa shape index (κ2) is 5.82. The van der Waals surface area contributed by atoms with Crippen LogP contribution in [0.5, 0.6) is 0 Å². The van der Waals surface area contributed by atoms with E-state index in [-0.39, 0.29) is 5.97 Å². The minimum Gasteiger partial charge on any atom is -0.459 e. The number of nitrogens with zero attached hydrogens (tertiary/aromatic N) is 1. The van der Waals surface area contributed by atoms with E-state index in [1.807, 2.05) is 58.0 Å². The maximum Gasteiger partial charge on any atom is 0.323 e. The van der Waals surface area contributed by atoms with Crippen LogP contribution in [0.25, 0.3) is 10.9 Å². The highest BCUT2D eigenvalue weighted by molar-refractivity contribution is 5.84. The van der Waals surface area contributed by atoms with Gasteiger partial charge in [0.15, 0.2) is 0 Å². The van der Waals surface area contributed by atoms with Crippen molar-refractivity contribution in [2.75, 3.05) is 0 Å². The number of pyridine rings is 1. The Hall–Kier alpha value is -1.94. The van der Waals surface area contributed by atoms with Gasteiger partial charge in [-0.15, -0.1) is 0 Å². The lowest BCUT2D eigenvalue weighted by Gasteiger charge is -2.22. The van der Waals surface area contributed by atoms with Gasteiger partial charge in [-0.05, 0) is 51.8 Å². The lowest BCUT2D eigenvalue weighted by molar-refractivity contribution is -0.156. The number of benzene rings is 1. The number of carbonyl (C=O) groups excluding carboxylic acids is 1. The maximum atomic E-state index is 12.0. The highest BCUT2D eigenvalue weighted by atomic mass is 16.6. The fourth-order valence-electron chi connectivity index (χ4n) is 2.26. The van der Waals surface area contributed by atoms with E-state index in [2.05, 4.69) is 4.98 Å². The first kappa shape index (κ1) is 15.4. The quantitative estimate of drug-likeness (QED) is 0.881. The third-order valence-electron chi connectivity index (χ3n) is 3.08. The van der Waals surface area contributed by atoms with Gasteiger partial charge < -0.3 is 10.5 Å². The van der Waals surface area contributed by atoms with Crippen LogP contribution >= 0.6 is 0 Å². The van der Waals surface area contributed by atoms with Gasteiger partial charge in [-0.2, -0.15) is 0 Å². The number of esters is 1. The fourth-order valence-corrected chi connectivity index (χ4v) is 2.26. The van der Waals surface area contributed by atoms with Gasteiger partial charge in [0.1, 0.15) is 11.6 Å². The summed E-state index contributed by atoms with van der Waals surface area (Å²) in [6, 6.07) is 9.18. The molecule has 1 aromatic heterocycles. The summed E-state index contributed by atoms with van der Waals surface area (Å²) >= 11 is 0. The predicted molar refractivity (Wildman–Crippen MR) is 84.0 cm³/mol. The first-order chi connectivity index (χ1) is 9.76. The molecule has 2 N–H and O–H groups in total. The zero-order valence-electron chi connectivity index (χ0n) is 13.0. The summed E-state index contributed by atoms with van der Waals surface area (Å²) in [5.41, 5.74) is 8.34. The number of para-hydroxylation sites is 1. The van der Waals surface area contributed by atoms with Gasteiger partial charge in [0.2, 0.25) is 0 Å². The molecule has 0 saturated heterocycles. The van der Waals surface area contributed by atoms with E-state index in [1.165, 1.54) is 0 Å². The van der Waals surface area contributed by atoms with Crippen molar-refractivity contribution < 1.29 is 9.53 Å². The molecule has 0 spiro atoms. The minimum absolute atomic E-state index is 0.374. The van der Waals surface area contributed by atoms with E-state index < -0.39 is 11.6 Å². The average Bonchev–Trinajstić information content (AvgIpc) is 2.36. The molecule has 2 rings (SSSR count). The summed E-state index contributed by atoms with van der Waals surface area (Å²) in [6.07, 6.45) is 0.443. The van der Waals surface area contributed by atoms with Crippen LogP contribution in [-0.4, -0.2) is 22.6 Å². The van der Waals surface area contributed by atoms with Crippen molar-refractivity contribution >= 4 is 16.9 Å². The van der Waals surface area contributed by atoms with E-state index in [0.29, 0.717) is 6.42 Å². The molecule has 0 radical (unpaired) electrons. The molecule has 21 heavy (non-hydrogen) atoms. The van der Waals surface area contributed by atoms with Gasteiger partial charge in [-0.1, -0.05) is 18.2 Å². The number of hydrogen-bond acceptors (Lipinski definition) is 4. The van der Waals surface area contributed by atoms with E-state index in [1.54, 1.807) is 0 Å². The highest BCUT2D eigenvalue weighted by Crippen LogP contribution is 2.20. The molecule has 0 bridgehead atoms. The van der Waals surface area contributed by atoms with Crippen LogP contribution in [0.3, 0.4) is 0 Å². The molecule has 0 unspecified atom stereocenters. The monoisotopic (exact) mass is 286 g/mol. The van der Waals surface area contributed by atoms with Crippen molar-refractivity contribution in [2.24, 2.45) is 5.73 Å². The first-order valence-electron chi connectivity index (χ1n) is 7.10. The molecule has 1 aromatic carbocycles. The first-order valence-corrected chi connectivity index (χ1v) is 7.10. The Morgan fingerprint density at radius 1 is 1.33 bits per heavy atom. The number of nitrogens with two attached hydrogens (primary N) is 1. The Labute approximate surface area is 125 Å². The van der Waals surface area contributed by atoms with E-state index in [9.17, 15) is 4.79 Å². The molecule has 1 atom stereocenters. The van der Waals surface area contributed by atoms with Crippen molar-refractivity contribution in [2.45, 2.75) is 45.8 Å². The van der Waals surface area contributed by atoms with E-state index >= 15 is 0 Å². The Kier molecular flexibility index (Phi) is 4.28. The molecule has 2 aromatic rings. The van der Waals surface area contributed by atoms with Crippen LogP contribution in [-0.2, 0) is 16.0 Å². The number of carbonyl (C=O) groups is 1. The molecular formula is C17H22N2O2. The topological polar surface area (TPSA) is 65.2 Å². The second-order valence-electron chi connectivity index (χ2n) is 6.28. The van der Waals surface area contributed by atoms with E-state index in [4.69, 9.17) is 10.5 Å². The van der Waals surface area contributed by atoms with Crippen molar-refractivity contribution in [3.63, 3.8) is 0 Å². The van der Waals surface area contributed by atoms with Gasteiger partial charge in [0.05, 0.1) is 5.52 Å². The fraction of sp³-hybridized carbons (Fsp3) is 0.412. The van der Waals surface area contributed by atoms with Crippen molar-refractivity contribution in [3.8, 4) is 0 Å². The summed E-state index contributed by atoms with van der Waals surface area (Å²) in [5, 5.41) is 1.03. The minimum atomic E-state index is -0.672. The molecule has 4 nitrogen and oxygen atoms in total. The van der Waals surface area contributed by atoms with Gasteiger partial charge in [0.25, 0.3) is 0 Å². The number of ether oxygens (including phenoxy) is 1. The molecule has 0 aliphatic carbocycles. The van der Waals surface area contributed by atoms with Crippen molar-refractivity contribution in [1.29, 1.82) is 0 Å². The number of aromatic nitrogens is 1. The number of fused-ring (bicyclic) bond motifs is 1. The normalized spacial score (nSPS) is 13.2. The van der Waals surface area contributed by atoms with Gasteiger partial charge in [0, 0.05) is 11.1 Å². The van der Waals surface area contributed by atoms with Crippen LogP contribution in [0.15, 0.2) is 30.3 Å². The zero-order valence-corrected chi connectivity index (χ0v) is 13.0. The third-order valence-corrected chi connectivity index (χ3v) is 3.08. The molecule has 1 heterocycles. The maximum absolute atomic E-state index is 12.0. The molecule has 0 saturated carbocycles. The van der Waals surface area contributed by atoms with Crippen LogP contribution in [0.4, 0.5) is 0 Å². The lowest BCUT2D eigenvalue weighted by Crippen LogP contribution is -2.38. The summed E-state index contributed by atoms with van der Waals surface area (Å²) in [5.74, 6) is -0.374. The molecule has 112 valence electrons. The third kappa shape index (κ3) is 4.02. The molecule has 0 aliphatic heterocycles. The summed E-state index contributed by atoms with van der Waals surface area (Å²) in [6.45, 7) is 7.45. The molecule has 0 amide bonds. The number of hydrogen-bond donors (Lipinski definition) is 1.